The molecular weight excluding hydrogens is 422 g/mol. The highest BCUT2D eigenvalue weighted by molar-refractivity contribution is 9.10. The van der Waals surface area contributed by atoms with E-state index in [0.29, 0.717) is 21.7 Å². The van der Waals surface area contributed by atoms with Gasteiger partial charge in [-0.1, -0.05) is 35.8 Å². The maximum absolute atomic E-state index is 12.8. The number of halogens is 1. The van der Waals surface area contributed by atoms with Gasteiger partial charge in [0.2, 0.25) is 0 Å². The summed E-state index contributed by atoms with van der Waals surface area (Å²) in [4.78, 5) is 25.6. The molecule has 0 aliphatic carbocycles. The fourth-order valence-corrected chi connectivity index (χ4v) is 4.10. The summed E-state index contributed by atoms with van der Waals surface area (Å²) in [6.45, 7) is 3.71. The summed E-state index contributed by atoms with van der Waals surface area (Å²) < 4.78 is 8.04. The van der Waals surface area contributed by atoms with E-state index in [4.69, 9.17) is 4.42 Å². The minimum Gasteiger partial charge on any atom is -0.456 e. The van der Waals surface area contributed by atoms with Crippen LogP contribution >= 0.6 is 15.9 Å². The second-order valence-corrected chi connectivity index (χ2v) is 7.17. The largest absolute Gasteiger partial charge is 0.456 e. The second-order valence-electron chi connectivity index (χ2n) is 6.25. The summed E-state index contributed by atoms with van der Waals surface area (Å²) in [5.41, 5.74) is 0.589. The molecule has 1 N–H and O–H groups in total. The summed E-state index contributed by atoms with van der Waals surface area (Å²) in [5, 5.41) is 13.3. The molecule has 6 heteroatoms. The van der Waals surface area contributed by atoms with Gasteiger partial charge in [0.15, 0.2) is 0 Å². The third-order valence-corrected chi connectivity index (χ3v) is 5.34. The molecule has 2 heterocycles. The maximum Gasteiger partial charge on any atom is 0.261 e. The Kier molecular flexibility index (Phi) is 4.69. The number of benzene rings is 3. The molecular formula is C22H18BrNO4. The Morgan fingerprint density at radius 2 is 1.46 bits per heavy atom. The SMILES string of the molecule is CC.O=c1c2ccc3oc4ccc(Br)cc4c4ccc(c(=O)n1CCO)c2c34. The molecule has 5 rings (SSSR count). The van der Waals surface area contributed by atoms with Gasteiger partial charge < -0.3 is 9.52 Å². The van der Waals surface area contributed by atoms with E-state index in [2.05, 4.69) is 15.9 Å². The molecule has 0 saturated heterocycles. The van der Waals surface area contributed by atoms with Crippen molar-refractivity contribution < 1.29 is 9.52 Å². The van der Waals surface area contributed by atoms with Crippen LogP contribution in [0.25, 0.3) is 43.5 Å². The van der Waals surface area contributed by atoms with Gasteiger partial charge >= 0.3 is 0 Å². The molecule has 0 saturated carbocycles. The first kappa shape index (κ1) is 18.7. The molecule has 3 aromatic carbocycles. The quantitative estimate of drug-likeness (QED) is 0.321. The van der Waals surface area contributed by atoms with Gasteiger partial charge in [0.25, 0.3) is 11.1 Å². The van der Waals surface area contributed by atoms with Gasteiger partial charge in [0.1, 0.15) is 11.2 Å². The van der Waals surface area contributed by atoms with Crippen LogP contribution in [0.4, 0.5) is 0 Å². The van der Waals surface area contributed by atoms with Crippen LogP contribution < -0.4 is 11.1 Å². The number of aromatic nitrogens is 1. The number of hydrogen-bond acceptors (Lipinski definition) is 4. The van der Waals surface area contributed by atoms with Crippen molar-refractivity contribution in [1.82, 2.24) is 4.57 Å². The molecule has 5 nitrogen and oxygen atoms in total. The van der Waals surface area contributed by atoms with Crippen LogP contribution in [0.15, 0.2) is 60.9 Å². The average Bonchev–Trinajstić information content (AvgIpc) is 2.72. The van der Waals surface area contributed by atoms with Crippen LogP contribution in [0.1, 0.15) is 13.8 Å². The number of nitrogens with zero attached hydrogens (tertiary/aromatic N) is 1. The van der Waals surface area contributed by atoms with Gasteiger partial charge in [0.05, 0.1) is 13.2 Å². The first-order chi connectivity index (χ1) is 13.6. The molecule has 5 aromatic rings. The Hall–Kier alpha value is -2.70. The monoisotopic (exact) mass is 439 g/mol. The predicted molar refractivity (Wildman–Crippen MR) is 117 cm³/mol. The lowest BCUT2D eigenvalue weighted by atomic mass is 9.96. The van der Waals surface area contributed by atoms with E-state index in [1.165, 1.54) is 0 Å². The zero-order valence-corrected chi connectivity index (χ0v) is 17.0. The molecule has 0 radical (unpaired) electrons. The minimum atomic E-state index is -0.389. The van der Waals surface area contributed by atoms with E-state index in [-0.39, 0.29) is 24.3 Å². The number of fused-ring (bicyclic) bond motifs is 2. The van der Waals surface area contributed by atoms with Crippen molar-refractivity contribution in [3.05, 3.63) is 67.6 Å². The van der Waals surface area contributed by atoms with Gasteiger partial charge in [-0.2, -0.15) is 0 Å². The Bertz CT molecular complexity index is 1420. The van der Waals surface area contributed by atoms with E-state index >= 15 is 0 Å². The lowest BCUT2D eigenvalue weighted by molar-refractivity contribution is 0.273. The third-order valence-electron chi connectivity index (χ3n) is 4.85. The van der Waals surface area contributed by atoms with Gasteiger partial charge in [0, 0.05) is 31.4 Å². The molecule has 0 fully saturated rings. The molecule has 142 valence electrons. The van der Waals surface area contributed by atoms with Gasteiger partial charge in [-0.25, -0.2) is 0 Å². The van der Waals surface area contributed by atoms with Gasteiger partial charge in [-0.15, -0.1) is 0 Å². The maximum atomic E-state index is 12.8. The van der Waals surface area contributed by atoms with E-state index in [0.717, 1.165) is 30.8 Å². The first-order valence-corrected chi connectivity index (χ1v) is 9.94. The van der Waals surface area contributed by atoms with E-state index < -0.39 is 0 Å². The first-order valence-electron chi connectivity index (χ1n) is 9.14. The highest BCUT2D eigenvalue weighted by Crippen LogP contribution is 2.37. The minimum absolute atomic E-state index is 0.0195. The zero-order chi connectivity index (χ0) is 20.0. The second kappa shape index (κ2) is 7.04. The van der Waals surface area contributed by atoms with Crippen LogP contribution in [0, 0.1) is 0 Å². The molecule has 0 amide bonds. The van der Waals surface area contributed by atoms with Crippen molar-refractivity contribution in [2.24, 2.45) is 0 Å². The van der Waals surface area contributed by atoms with Crippen LogP contribution in [-0.4, -0.2) is 16.3 Å². The van der Waals surface area contributed by atoms with Crippen LogP contribution in [0.3, 0.4) is 0 Å². The number of hydrogen-bond donors (Lipinski definition) is 1. The topological polar surface area (TPSA) is 72.4 Å². The molecule has 0 bridgehead atoms. The molecule has 0 atom stereocenters. The highest BCUT2D eigenvalue weighted by Gasteiger charge is 2.18. The van der Waals surface area contributed by atoms with E-state index in [9.17, 15) is 14.7 Å². The normalized spacial score (nSPS) is 11.4. The van der Waals surface area contributed by atoms with E-state index in [1.54, 1.807) is 18.2 Å². The Labute approximate surface area is 168 Å². The summed E-state index contributed by atoms with van der Waals surface area (Å²) in [6, 6.07) is 12.9. The van der Waals surface area contributed by atoms with Crippen molar-refractivity contribution in [3.63, 3.8) is 0 Å². The predicted octanol–water partition coefficient (Wildman–Crippen LogP) is 4.63. The van der Waals surface area contributed by atoms with Crippen molar-refractivity contribution in [3.8, 4) is 0 Å². The molecule has 0 unspecified atom stereocenters. The van der Waals surface area contributed by atoms with Crippen LogP contribution in [0.2, 0.25) is 0 Å². The number of pyridine rings is 1. The number of aliphatic hydroxyl groups excluding tert-OH is 1. The molecule has 28 heavy (non-hydrogen) atoms. The molecule has 2 aromatic heterocycles. The summed E-state index contributed by atoms with van der Waals surface area (Å²) in [6.07, 6.45) is 0. The third kappa shape index (κ3) is 2.56. The van der Waals surface area contributed by atoms with Gasteiger partial charge in [-0.3, -0.25) is 14.2 Å². The summed E-state index contributed by atoms with van der Waals surface area (Å²) in [5.74, 6) is 0. The Morgan fingerprint density at radius 1 is 0.857 bits per heavy atom. The highest BCUT2D eigenvalue weighted by atomic mass is 79.9. The van der Waals surface area contributed by atoms with Crippen molar-refractivity contribution in [1.29, 1.82) is 0 Å². The van der Waals surface area contributed by atoms with Crippen molar-refractivity contribution >= 4 is 59.4 Å². The molecule has 0 aliphatic rings. The van der Waals surface area contributed by atoms with Crippen molar-refractivity contribution in [2.75, 3.05) is 6.61 Å². The zero-order valence-electron chi connectivity index (χ0n) is 15.5. The van der Waals surface area contributed by atoms with Crippen molar-refractivity contribution in [2.45, 2.75) is 20.4 Å². The average molecular weight is 440 g/mol. The molecule has 0 spiro atoms. The number of rotatable bonds is 2. The fourth-order valence-electron chi connectivity index (χ4n) is 3.74. The standard InChI is InChI=1S/C20H12BrNO4.C2H6/c21-10-1-5-15-14(9-10)11-2-3-12-17-13(4-6-16(26-15)18(11)17)20(25)22(7-8-23)19(12)24;1-2/h1-6,9,23H,7-8H2;1-2H3. The summed E-state index contributed by atoms with van der Waals surface area (Å²) >= 11 is 3.48. The number of aliphatic hydroxyl groups is 1. The molecule has 0 aliphatic heterocycles. The Balaban J connectivity index is 0.000000932. The van der Waals surface area contributed by atoms with Crippen LogP contribution in [0.5, 0.6) is 0 Å². The van der Waals surface area contributed by atoms with E-state index in [1.807, 2.05) is 38.1 Å². The smallest absolute Gasteiger partial charge is 0.261 e. The Morgan fingerprint density at radius 3 is 2.14 bits per heavy atom. The van der Waals surface area contributed by atoms with Crippen LogP contribution in [-0.2, 0) is 6.54 Å². The van der Waals surface area contributed by atoms with Gasteiger partial charge in [-0.05, 0) is 41.8 Å². The lowest BCUT2D eigenvalue weighted by Crippen LogP contribution is -2.34. The lowest BCUT2D eigenvalue weighted by Gasteiger charge is -2.13. The summed E-state index contributed by atoms with van der Waals surface area (Å²) in [7, 11) is 0. The fraction of sp³-hybridized carbons (Fsp3) is 0.182.